The summed E-state index contributed by atoms with van der Waals surface area (Å²) in [4.78, 5) is 45.7. The average molecular weight is 2430 g/mol. The van der Waals surface area contributed by atoms with E-state index < -0.39 is 70.0 Å². The van der Waals surface area contributed by atoms with E-state index in [1.807, 2.05) is 79.7 Å². The zero-order valence-corrected chi connectivity index (χ0v) is 65.3. The Bertz CT molecular complexity index is 4310. The van der Waals surface area contributed by atoms with Crippen molar-refractivity contribution in [3.8, 4) is 67.7 Å². The van der Waals surface area contributed by atoms with Gasteiger partial charge in [-0.1, -0.05) is 125 Å². The third-order valence-corrected chi connectivity index (χ3v) is 11.8. The fourth-order valence-corrected chi connectivity index (χ4v) is 7.47. The van der Waals surface area contributed by atoms with Gasteiger partial charge in [-0.3, -0.25) is 45.1 Å². The van der Waals surface area contributed by atoms with Gasteiger partial charge in [-0.15, -0.1) is 36.4 Å². The molecule has 0 saturated heterocycles. The van der Waals surface area contributed by atoms with Crippen LogP contribution in [-0.2, 0) is 121 Å². The molecule has 0 aliphatic heterocycles. The molecule has 13 aromatic rings. The van der Waals surface area contributed by atoms with E-state index in [0.29, 0.717) is 29.6 Å². The fourth-order valence-electron chi connectivity index (χ4n) is 7.47. The average Bonchev–Trinajstić information content (AvgIpc) is 0.842. The van der Waals surface area contributed by atoms with Gasteiger partial charge in [0, 0.05) is 198 Å². The molecule has 526 valence electrons. The van der Waals surface area contributed by atoms with E-state index in [1.54, 1.807) is 86.6 Å². The second kappa shape index (κ2) is 47.0. The summed E-state index contributed by atoms with van der Waals surface area (Å²) in [7, 11) is 0. The van der Waals surface area contributed by atoms with E-state index in [9.17, 15) is 53.1 Å². The minimum Gasteiger partial charge on any atom is -0.477 e. The van der Waals surface area contributed by atoms with Gasteiger partial charge in [0.2, 0.25) is 0 Å². The van der Waals surface area contributed by atoms with Gasteiger partial charge < -0.3 is 35.0 Å². The molecule has 0 fully saturated rings. The third kappa shape index (κ3) is 29.2. The quantitative estimate of drug-likeness (QED) is 0.0921. The van der Waals surface area contributed by atoms with Gasteiger partial charge in [-0.25, -0.2) is 22.9 Å². The molecule has 28 heteroatoms. The number of nitrogens with zero attached hydrogens (tertiary/aromatic N) is 9. The summed E-state index contributed by atoms with van der Waals surface area (Å²) in [6.45, 7) is 3.61. The van der Waals surface area contributed by atoms with E-state index in [1.165, 1.54) is 36.8 Å². The standard InChI is InChI=1S/C12H7F3N.C12H8F2N.2C11H5F3N.2C10H7N2.C6H5NO2.6Ir/c1-7-3-2-4-12(16-7)8-5-10(14)11(15)6-9(8)13;1-8-4-5-15-12(6-8)10-3-2-9(13)7-11(10)14;12-7-1-2-9(10(14)5-7)11-6-8(13)3-4-15-11;12-8-6-10(14)9(13)5-7(8)11-3-1-2-4-15-11;1-3-7-11-9(5-1)10-6-2-4-8-12-10;1-2-6-12-10(3-1)9-4-7-11-8-5-9;8-6(9)5-3-1-2-4-7-5;;;;;;/h2-4,6H,1H3;2,4-7H,1H3;1,3-6H;1-4,6H;1-5,7-8H;1-4,6-8H;1-4H,(H,8,9);;;;;;/q6*-1;;;;;;;. The maximum atomic E-state index is 13.4. The summed E-state index contributed by atoms with van der Waals surface area (Å²) in [6.07, 6.45) is 14.3. The number of halogens is 11. The summed E-state index contributed by atoms with van der Waals surface area (Å²) in [6, 6.07) is 56.7. The first kappa shape index (κ1) is 89.8. The molecule has 0 unspecified atom stereocenters. The van der Waals surface area contributed by atoms with Crippen LogP contribution in [0.1, 0.15) is 21.7 Å². The van der Waals surface area contributed by atoms with E-state index >= 15 is 0 Å². The molecule has 1 N–H and O–H groups in total. The normalized spacial score (nSPS) is 9.45. The molecule has 100 heavy (non-hydrogen) atoms. The molecule has 9 aromatic heterocycles. The van der Waals surface area contributed by atoms with Crippen LogP contribution in [0.4, 0.5) is 48.3 Å². The smallest absolute Gasteiger partial charge is 0.354 e. The second-order valence-electron chi connectivity index (χ2n) is 18.6. The summed E-state index contributed by atoms with van der Waals surface area (Å²) in [5, 5.41) is 8.32. The zero-order chi connectivity index (χ0) is 67.4. The number of aromatic carboxylic acids is 1. The van der Waals surface area contributed by atoms with Crippen molar-refractivity contribution in [3.63, 3.8) is 0 Å². The first-order chi connectivity index (χ1) is 45.3. The van der Waals surface area contributed by atoms with Gasteiger partial charge in [0.05, 0.1) is 23.3 Å². The largest absolute Gasteiger partial charge is 0.477 e. The summed E-state index contributed by atoms with van der Waals surface area (Å²) in [5.74, 6) is -11.0. The van der Waals surface area contributed by atoms with Crippen molar-refractivity contribution in [2.75, 3.05) is 0 Å². The number of carboxylic acid groups (broad SMARTS) is 1. The van der Waals surface area contributed by atoms with Crippen molar-refractivity contribution in [2.45, 2.75) is 13.8 Å². The van der Waals surface area contributed by atoms with Crippen LogP contribution in [0.15, 0.2) is 226 Å². The third-order valence-electron chi connectivity index (χ3n) is 11.8. The fraction of sp³-hybridized carbons (Fsp3) is 0.0278. The van der Waals surface area contributed by atoms with Gasteiger partial charge in [-0.2, -0.15) is 23.8 Å². The minimum absolute atomic E-state index is 0. The Hall–Kier alpha value is -8.17. The van der Waals surface area contributed by atoms with Crippen molar-refractivity contribution < 1.29 is 179 Å². The molecule has 9 heterocycles. The Balaban J connectivity index is 0.000000581. The topological polar surface area (TPSA) is 153 Å². The number of aryl methyl sites for hydroxylation is 2. The van der Waals surface area contributed by atoms with Crippen LogP contribution in [-0.4, -0.2) is 55.9 Å². The number of rotatable bonds is 7. The van der Waals surface area contributed by atoms with Gasteiger partial charge in [0.25, 0.3) is 0 Å². The molecule has 4 aromatic carbocycles. The Labute approximate surface area is 648 Å². The van der Waals surface area contributed by atoms with E-state index in [4.69, 9.17) is 5.11 Å². The second-order valence-corrected chi connectivity index (χ2v) is 18.6. The van der Waals surface area contributed by atoms with Crippen molar-refractivity contribution >= 4 is 5.97 Å². The van der Waals surface area contributed by atoms with Crippen LogP contribution in [0.2, 0.25) is 0 Å². The van der Waals surface area contributed by atoms with Gasteiger partial charge in [0.15, 0.2) is 0 Å². The van der Waals surface area contributed by atoms with E-state index in [-0.39, 0.29) is 166 Å². The molecular formula is C72H44F11Ir6N9O2-6. The molecule has 11 nitrogen and oxygen atoms in total. The Morgan fingerprint density at radius 3 is 1.28 bits per heavy atom. The Morgan fingerprint density at radius 1 is 0.370 bits per heavy atom. The maximum Gasteiger partial charge on any atom is 0.354 e. The maximum absolute atomic E-state index is 13.4. The van der Waals surface area contributed by atoms with Crippen molar-refractivity contribution in [1.82, 2.24) is 44.9 Å². The van der Waals surface area contributed by atoms with Crippen LogP contribution in [0.25, 0.3) is 67.7 Å². The molecule has 13 rings (SSSR count). The van der Waals surface area contributed by atoms with E-state index in [2.05, 4.69) is 69.1 Å². The SMILES string of the molecule is Cc1cccc(-c2[c-]c(F)c(F)cc2F)n1.Cc1ccnc(-c2[c-]cc(F)cc2F)c1.Fc1[c-]c(-c2ccccn2)c(F)cc1F.Fc1ccnc(-c2[c-]cc(F)cc2F)c1.O=C(O)c1ccccn1.[Ir].[Ir].[Ir].[Ir].[Ir].[Ir].[c-]1cccnc1-c1ccccn1.[c-]1cnccc1-c1ccccn1. The molecule has 0 bridgehead atoms. The number of benzene rings is 4. The molecule has 0 saturated carbocycles. The first-order valence-electron chi connectivity index (χ1n) is 27.2. The number of carboxylic acids is 1. The van der Waals surface area contributed by atoms with Gasteiger partial charge >= 0.3 is 5.97 Å². The summed E-state index contributed by atoms with van der Waals surface area (Å²) in [5.41, 5.74) is 6.09. The van der Waals surface area contributed by atoms with Gasteiger partial charge in [0.1, 0.15) is 11.5 Å². The summed E-state index contributed by atoms with van der Waals surface area (Å²) >= 11 is 0. The van der Waals surface area contributed by atoms with Crippen molar-refractivity contribution in [1.29, 1.82) is 0 Å². The van der Waals surface area contributed by atoms with Crippen LogP contribution < -0.4 is 0 Å². The molecule has 0 amide bonds. The zero-order valence-electron chi connectivity index (χ0n) is 50.9. The number of hydrogen-bond acceptors (Lipinski definition) is 10. The number of pyridine rings is 9. The van der Waals surface area contributed by atoms with Crippen molar-refractivity contribution in [2.24, 2.45) is 0 Å². The van der Waals surface area contributed by atoms with E-state index in [0.717, 1.165) is 58.5 Å². The number of aromatic nitrogens is 9. The minimum atomic E-state index is -1.26. The summed E-state index contributed by atoms with van der Waals surface area (Å²) < 4.78 is 142. The molecule has 0 spiro atoms. The predicted octanol–water partition coefficient (Wildman–Crippen LogP) is 17.0. The van der Waals surface area contributed by atoms with Crippen LogP contribution >= 0.6 is 0 Å². The van der Waals surface area contributed by atoms with Crippen LogP contribution in [0.3, 0.4) is 0 Å². The monoisotopic (exact) mass is 2430 g/mol. The number of carbonyl (C=O) groups is 1. The molecule has 0 atom stereocenters. The van der Waals surface area contributed by atoms with Crippen LogP contribution in [0, 0.1) is 114 Å². The molecular weight excluding hydrogens is 2390 g/mol. The number of hydrogen-bond donors (Lipinski definition) is 1. The molecule has 0 aliphatic rings. The van der Waals surface area contributed by atoms with Crippen LogP contribution in [0.5, 0.6) is 0 Å². The predicted molar refractivity (Wildman–Crippen MR) is 327 cm³/mol. The Morgan fingerprint density at radius 2 is 0.840 bits per heavy atom. The van der Waals surface area contributed by atoms with Crippen molar-refractivity contribution in [3.05, 3.63) is 343 Å². The Kier molecular flexibility index (Phi) is 42.3. The molecule has 0 aliphatic carbocycles. The van der Waals surface area contributed by atoms with Gasteiger partial charge in [-0.05, 0) is 127 Å². The molecule has 6 radical (unpaired) electrons. The first-order valence-corrected chi connectivity index (χ1v) is 27.2.